The normalized spacial score (nSPS) is 11.4. The maximum Gasteiger partial charge on any atom is 0.191 e. The van der Waals surface area contributed by atoms with E-state index in [4.69, 9.17) is 0 Å². The van der Waals surface area contributed by atoms with Gasteiger partial charge in [-0.25, -0.2) is 8.42 Å². The molecule has 0 saturated heterocycles. The molecule has 0 aliphatic heterocycles. The average molecular weight is 479 g/mol. The Balaban J connectivity index is 1.53. The highest BCUT2D eigenvalue weighted by Crippen LogP contribution is 2.25. The van der Waals surface area contributed by atoms with Crippen LogP contribution in [0.2, 0.25) is 0 Å². The largest absolute Gasteiger partial charge is 0.302 e. The quantitative estimate of drug-likeness (QED) is 0.265. The smallest absolute Gasteiger partial charge is 0.191 e. The Labute approximate surface area is 196 Å². The number of pyridine rings is 1. The van der Waals surface area contributed by atoms with Gasteiger partial charge in [-0.2, -0.15) is 0 Å². The number of Topliss-reactive ketones (excluding diaryl/α,β-unsaturated/α-hetero) is 1. The van der Waals surface area contributed by atoms with Gasteiger partial charge in [-0.15, -0.1) is 10.2 Å². The molecule has 33 heavy (non-hydrogen) atoms. The molecule has 0 N–H and O–H groups in total. The summed E-state index contributed by atoms with van der Waals surface area (Å²) >= 11 is 1.32. The Bertz CT molecular complexity index is 1340. The highest BCUT2D eigenvalue weighted by Gasteiger charge is 2.17. The van der Waals surface area contributed by atoms with E-state index in [2.05, 4.69) is 27.3 Å². The molecule has 7 nitrogen and oxygen atoms in total. The minimum Gasteiger partial charge on any atom is -0.302 e. The maximum absolute atomic E-state index is 12.7. The zero-order valence-corrected chi connectivity index (χ0v) is 19.6. The predicted molar refractivity (Wildman–Crippen MR) is 128 cm³/mol. The third-order valence-electron chi connectivity index (χ3n) is 5.06. The van der Waals surface area contributed by atoms with Gasteiger partial charge in [0.2, 0.25) is 0 Å². The van der Waals surface area contributed by atoms with E-state index in [1.165, 1.54) is 29.5 Å². The van der Waals surface area contributed by atoms with E-state index >= 15 is 0 Å². The summed E-state index contributed by atoms with van der Waals surface area (Å²) in [5.74, 6) is 0.779. The first-order chi connectivity index (χ1) is 15.9. The lowest BCUT2D eigenvalue weighted by Gasteiger charge is -2.10. The van der Waals surface area contributed by atoms with Gasteiger partial charge in [-0.05, 0) is 36.2 Å². The minimum atomic E-state index is -3.30. The molecule has 2 aromatic carbocycles. The van der Waals surface area contributed by atoms with Crippen molar-refractivity contribution < 1.29 is 13.2 Å². The molecule has 0 aliphatic carbocycles. The van der Waals surface area contributed by atoms with E-state index in [0.29, 0.717) is 17.3 Å². The SMILES string of the molecule is CS(=O)(=O)c1ccc(C(=O)CSc2nnc(-c3ccncc3)n2CCc2ccccc2)cc1. The summed E-state index contributed by atoms with van der Waals surface area (Å²) in [4.78, 5) is 17.0. The molecule has 9 heteroatoms. The molecule has 0 aliphatic rings. The molecule has 4 aromatic rings. The van der Waals surface area contributed by atoms with Gasteiger partial charge >= 0.3 is 0 Å². The Morgan fingerprint density at radius 1 is 0.939 bits per heavy atom. The van der Waals surface area contributed by atoms with Crippen molar-refractivity contribution in [2.45, 2.75) is 23.0 Å². The lowest BCUT2D eigenvalue weighted by Crippen LogP contribution is -2.08. The number of nitrogens with zero attached hydrogens (tertiary/aromatic N) is 4. The summed E-state index contributed by atoms with van der Waals surface area (Å²) in [6, 6.07) is 19.9. The lowest BCUT2D eigenvalue weighted by molar-refractivity contribution is 0.102. The summed E-state index contributed by atoms with van der Waals surface area (Å²) in [5, 5.41) is 9.37. The molecule has 0 saturated carbocycles. The minimum absolute atomic E-state index is 0.108. The fraction of sp³-hybridized carbons (Fsp3) is 0.167. The van der Waals surface area contributed by atoms with Crippen molar-refractivity contribution >= 4 is 27.4 Å². The van der Waals surface area contributed by atoms with Gasteiger partial charge in [0.05, 0.1) is 10.6 Å². The highest BCUT2D eigenvalue weighted by molar-refractivity contribution is 7.99. The number of hydrogen-bond acceptors (Lipinski definition) is 7. The van der Waals surface area contributed by atoms with Crippen LogP contribution in [0.5, 0.6) is 0 Å². The Kier molecular flexibility index (Phi) is 7.00. The molecule has 0 bridgehead atoms. The second kappa shape index (κ2) is 10.1. The summed E-state index contributed by atoms with van der Waals surface area (Å²) in [7, 11) is -3.30. The summed E-state index contributed by atoms with van der Waals surface area (Å²) in [6.07, 6.45) is 5.36. The number of sulfone groups is 1. The standard InChI is InChI=1S/C24H22N4O3S2/c1-33(30,31)21-9-7-19(8-10-21)22(29)17-32-24-27-26-23(20-11-14-25-15-12-20)28(24)16-13-18-5-3-2-4-6-18/h2-12,14-15H,13,16-17H2,1H3. The van der Waals surface area contributed by atoms with Crippen molar-refractivity contribution in [3.8, 4) is 11.4 Å². The van der Waals surface area contributed by atoms with Gasteiger partial charge in [-0.1, -0.05) is 54.2 Å². The molecule has 2 heterocycles. The van der Waals surface area contributed by atoms with Crippen LogP contribution >= 0.6 is 11.8 Å². The molecule has 0 atom stereocenters. The number of aromatic nitrogens is 4. The van der Waals surface area contributed by atoms with Crippen molar-refractivity contribution in [3.63, 3.8) is 0 Å². The fourth-order valence-electron chi connectivity index (χ4n) is 3.30. The van der Waals surface area contributed by atoms with Crippen LogP contribution in [0.1, 0.15) is 15.9 Å². The molecular formula is C24H22N4O3S2. The molecule has 0 unspecified atom stereocenters. The molecule has 0 radical (unpaired) electrons. The van der Waals surface area contributed by atoms with Crippen LogP contribution in [-0.4, -0.2) is 46.0 Å². The van der Waals surface area contributed by atoms with Gasteiger partial charge in [0.1, 0.15) is 0 Å². The van der Waals surface area contributed by atoms with Crippen molar-refractivity contribution in [2.24, 2.45) is 0 Å². The van der Waals surface area contributed by atoms with Crippen LogP contribution in [0.4, 0.5) is 0 Å². The molecular weight excluding hydrogens is 456 g/mol. The zero-order valence-electron chi connectivity index (χ0n) is 18.0. The summed E-state index contributed by atoms with van der Waals surface area (Å²) in [6.45, 7) is 0.661. The number of ketones is 1. The highest BCUT2D eigenvalue weighted by atomic mass is 32.2. The monoisotopic (exact) mass is 478 g/mol. The first kappa shape index (κ1) is 22.9. The zero-order chi connectivity index (χ0) is 23.3. The second-order valence-corrected chi connectivity index (χ2v) is 10.4. The van der Waals surface area contributed by atoms with Gasteiger partial charge in [0.25, 0.3) is 0 Å². The van der Waals surface area contributed by atoms with Crippen LogP contribution < -0.4 is 0 Å². The van der Waals surface area contributed by atoms with E-state index in [1.807, 2.05) is 34.9 Å². The van der Waals surface area contributed by atoms with Crippen LogP contribution in [0.15, 0.2) is 89.2 Å². The predicted octanol–water partition coefficient (Wildman–Crippen LogP) is 3.96. The molecule has 4 rings (SSSR count). The molecule has 168 valence electrons. The van der Waals surface area contributed by atoms with Crippen LogP contribution in [-0.2, 0) is 22.8 Å². The lowest BCUT2D eigenvalue weighted by atomic mass is 10.1. The van der Waals surface area contributed by atoms with E-state index in [0.717, 1.165) is 24.1 Å². The van der Waals surface area contributed by atoms with E-state index in [9.17, 15) is 13.2 Å². The van der Waals surface area contributed by atoms with Crippen molar-refractivity contribution in [3.05, 3.63) is 90.3 Å². The maximum atomic E-state index is 12.7. The van der Waals surface area contributed by atoms with Crippen LogP contribution in [0.25, 0.3) is 11.4 Å². The van der Waals surface area contributed by atoms with Gasteiger partial charge < -0.3 is 4.57 Å². The second-order valence-electron chi connectivity index (χ2n) is 7.44. The van der Waals surface area contributed by atoms with Gasteiger partial charge in [-0.3, -0.25) is 9.78 Å². The van der Waals surface area contributed by atoms with E-state index in [1.54, 1.807) is 24.5 Å². The number of rotatable bonds is 9. The third-order valence-corrected chi connectivity index (χ3v) is 7.15. The summed E-state index contributed by atoms with van der Waals surface area (Å²) in [5.41, 5.74) is 2.56. The van der Waals surface area contributed by atoms with E-state index in [-0.39, 0.29) is 16.4 Å². The number of aryl methyl sites for hydroxylation is 1. The van der Waals surface area contributed by atoms with E-state index < -0.39 is 9.84 Å². The Morgan fingerprint density at radius 2 is 1.64 bits per heavy atom. The van der Waals surface area contributed by atoms with Crippen LogP contribution in [0.3, 0.4) is 0 Å². The summed E-state index contributed by atoms with van der Waals surface area (Å²) < 4.78 is 25.3. The first-order valence-electron chi connectivity index (χ1n) is 10.3. The van der Waals surface area contributed by atoms with Crippen molar-refractivity contribution in [1.82, 2.24) is 19.7 Å². The molecule has 0 spiro atoms. The number of hydrogen-bond donors (Lipinski definition) is 0. The topological polar surface area (TPSA) is 94.8 Å². The van der Waals surface area contributed by atoms with Crippen LogP contribution in [0, 0.1) is 0 Å². The van der Waals surface area contributed by atoms with Gasteiger partial charge in [0.15, 0.2) is 26.6 Å². The number of thioether (sulfide) groups is 1. The Morgan fingerprint density at radius 3 is 2.30 bits per heavy atom. The number of carbonyl (C=O) groups excluding carboxylic acids is 1. The molecule has 2 aromatic heterocycles. The molecule has 0 amide bonds. The van der Waals surface area contributed by atoms with Crippen molar-refractivity contribution in [2.75, 3.05) is 12.0 Å². The Hall–Kier alpha value is -3.30. The third kappa shape index (κ3) is 5.74. The van der Waals surface area contributed by atoms with Gasteiger partial charge in [0, 0.05) is 36.3 Å². The number of carbonyl (C=O) groups is 1. The first-order valence-corrected chi connectivity index (χ1v) is 13.1. The molecule has 0 fully saturated rings. The number of benzene rings is 2. The van der Waals surface area contributed by atoms with Crippen molar-refractivity contribution in [1.29, 1.82) is 0 Å². The fourth-order valence-corrected chi connectivity index (χ4v) is 4.79. The average Bonchev–Trinajstić information content (AvgIpc) is 3.24.